The SMILES string of the molecule is COC(=O)[C@H](C=O)c1cccc(C(F)(F)F)c1. The van der Waals surface area contributed by atoms with Crippen LogP contribution >= 0.6 is 0 Å². The summed E-state index contributed by atoms with van der Waals surface area (Å²) in [7, 11) is 1.06. The summed E-state index contributed by atoms with van der Waals surface area (Å²) in [6, 6.07) is 4.03. The largest absolute Gasteiger partial charge is 0.468 e. The van der Waals surface area contributed by atoms with Gasteiger partial charge in [-0.2, -0.15) is 13.2 Å². The van der Waals surface area contributed by atoms with Crippen molar-refractivity contribution in [2.24, 2.45) is 0 Å². The number of rotatable bonds is 3. The van der Waals surface area contributed by atoms with Crippen LogP contribution in [-0.4, -0.2) is 19.4 Å². The van der Waals surface area contributed by atoms with E-state index in [1.54, 1.807) is 0 Å². The van der Waals surface area contributed by atoms with E-state index in [4.69, 9.17) is 0 Å². The predicted molar refractivity (Wildman–Crippen MR) is 52.3 cm³/mol. The molecule has 0 aliphatic carbocycles. The Labute approximate surface area is 95.2 Å². The molecular weight excluding hydrogens is 237 g/mol. The van der Waals surface area contributed by atoms with Crippen LogP contribution in [0.5, 0.6) is 0 Å². The zero-order chi connectivity index (χ0) is 13.1. The van der Waals surface area contributed by atoms with Crippen LogP contribution in [0.25, 0.3) is 0 Å². The number of hydrogen-bond donors (Lipinski definition) is 0. The van der Waals surface area contributed by atoms with Crippen molar-refractivity contribution in [1.29, 1.82) is 0 Å². The van der Waals surface area contributed by atoms with Crippen molar-refractivity contribution in [3.8, 4) is 0 Å². The lowest BCUT2D eigenvalue weighted by Gasteiger charge is -2.11. The molecule has 0 N–H and O–H groups in total. The van der Waals surface area contributed by atoms with Gasteiger partial charge in [0.05, 0.1) is 12.7 Å². The van der Waals surface area contributed by atoms with Crippen LogP contribution in [0.3, 0.4) is 0 Å². The molecular formula is C11H9F3O3. The van der Waals surface area contributed by atoms with Gasteiger partial charge >= 0.3 is 12.1 Å². The third-order valence-electron chi connectivity index (χ3n) is 2.16. The maximum absolute atomic E-state index is 12.4. The highest BCUT2D eigenvalue weighted by atomic mass is 19.4. The Morgan fingerprint density at radius 3 is 2.53 bits per heavy atom. The minimum absolute atomic E-state index is 0.0401. The van der Waals surface area contributed by atoms with E-state index in [-0.39, 0.29) is 11.8 Å². The van der Waals surface area contributed by atoms with E-state index >= 15 is 0 Å². The van der Waals surface area contributed by atoms with Gasteiger partial charge in [-0.3, -0.25) is 4.79 Å². The number of carbonyl (C=O) groups excluding carboxylic acids is 2. The molecule has 0 aliphatic heterocycles. The van der Waals surface area contributed by atoms with Gasteiger partial charge in [-0.25, -0.2) is 0 Å². The molecule has 0 spiro atoms. The van der Waals surface area contributed by atoms with Gasteiger partial charge in [0.2, 0.25) is 0 Å². The zero-order valence-electron chi connectivity index (χ0n) is 8.82. The molecule has 0 aliphatic rings. The van der Waals surface area contributed by atoms with Gasteiger partial charge in [-0.05, 0) is 11.6 Å². The maximum Gasteiger partial charge on any atom is 0.416 e. The van der Waals surface area contributed by atoms with Gasteiger partial charge in [0.25, 0.3) is 0 Å². The molecule has 0 unspecified atom stereocenters. The molecule has 6 heteroatoms. The fourth-order valence-electron chi connectivity index (χ4n) is 1.31. The Morgan fingerprint density at radius 2 is 2.06 bits per heavy atom. The van der Waals surface area contributed by atoms with E-state index < -0.39 is 23.6 Å². The smallest absolute Gasteiger partial charge is 0.416 e. The molecule has 0 heterocycles. The minimum atomic E-state index is -4.51. The number of benzene rings is 1. The summed E-state index contributed by atoms with van der Waals surface area (Å²) in [5.41, 5.74) is -0.951. The normalized spacial score (nSPS) is 12.9. The first-order valence-corrected chi connectivity index (χ1v) is 4.60. The average molecular weight is 246 g/mol. The van der Waals surface area contributed by atoms with Gasteiger partial charge in [-0.1, -0.05) is 18.2 Å². The zero-order valence-corrected chi connectivity index (χ0v) is 8.82. The van der Waals surface area contributed by atoms with Crippen molar-refractivity contribution >= 4 is 12.3 Å². The molecule has 0 saturated heterocycles. The van der Waals surface area contributed by atoms with E-state index in [0.717, 1.165) is 25.3 Å². The predicted octanol–water partition coefficient (Wildman–Crippen LogP) is 2.16. The molecule has 0 fully saturated rings. The Bertz CT molecular complexity index is 426. The summed E-state index contributed by atoms with van der Waals surface area (Å²) in [4.78, 5) is 21.9. The van der Waals surface area contributed by atoms with Crippen molar-refractivity contribution in [3.63, 3.8) is 0 Å². The van der Waals surface area contributed by atoms with Crippen LogP contribution in [0.15, 0.2) is 24.3 Å². The lowest BCUT2D eigenvalue weighted by atomic mass is 9.98. The number of esters is 1. The topological polar surface area (TPSA) is 43.4 Å². The lowest BCUT2D eigenvalue weighted by molar-refractivity contribution is -0.144. The first-order valence-electron chi connectivity index (χ1n) is 4.60. The number of hydrogen-bond acceptors (Lipinski definition) is 3. The third kappa shape index (κ3) is 3.05. The Kier molecular flexibility index (Phi) is 3.88. The quantitative estimate of drug-likeness (QED) is 0.466. The van der Waals surface area contributed by atoms with Gasteiger partial charge < -0.3 is 9.53 Å². The fourth-order valence-corrected chi connectivity index (χ4v) is 1.31. The molecule has 0 amide bonds. The highest BCUT2D eigenvalue weighted by Gasteiger charge is 2.31. The molecule has 1 rings (SSSR count). The molecule has 92 valence electrons. The van der Waals surface area contributed by atoms with Crippen LogP contribution in [-0.2, 0) is 20.5 Å². The summed E-state index contributed by atoms with van der Waals surface area (Å²) in [5, 5.41) is 0. The second-order valence-corrected chi connectivity index (χ2v) is 3.26. The number of halogens is 3. The first kappa shape index (κ1) is 13.2. The summed E-state index contributed by atoms with van der Waals surface area (Å²) in [5.74, 6) is -2.22. The van der Waals surface area contributed by atoms with E-state index in [2.05, 4.69) is 4.74 Å². The van der Waals surface area contributed by atoms with E-state index in [0.29, 0.717) is 0 Å². The van der Waals surface area contributed by atoms with E-state index in [1.807, 2.05) is 0 Å². The minimum Gasteiger partial charge on any atom is -0.468 e. The third-order valence-corrected chi connectivity index (χ3v) is 2.16. The van der Waals surface area contributed by atoms with Crippen molar-refractivity contribution in [2.45, 2.75) is 12.1 Å². The monoisotopic (exact) mass is 246 g/mol. The standard InChI is InChI=1S/C11H9F3O3/c1-17-10(16)9(6-15)7-3-2-4-8(5-7)11(12,13)14/h2-6,9H,1H3/t9-/m1/s1. The highest BCUT2D eigenvalue weighted by Crippen LogP contribution is 2.31. The van der Waals surface area contributed by atoms with E-state index in [1.165, 1.54) is 6.07 Å². The van der Waals surface area contributed by atoms with Crippen LogP contribution < -0.4 is 0 Å². The van der Waals surface area contributed by atoms with Crippen molar-refractivity contribution in [3.05, 3.63) is 35.4 Å². The van der Waals surface area contributed by atoms with Crippen molar-refractivity contribution in [2.75, 3.05) is 7.11 Å². The van der Waals surface area contributed by atoms with Crippen LogP contribution in [0.2, 0.25) is 0 Å². The number of ether oxygens (including phenoxy) is 1. The number of methoxy groups -OCH3 is 1. The average Bonchev–Trinajstić information content (AvgIpc) is 2.29. The highest BCUT2D eigenvalue weighted by molar-refractivity contribution is 5.94. The number of carbonyl (C=O) groups is 2. The Hall–Kier alpha value is -1.85. The van der Waals surface area contributed by atoms with Gasteiger partial charge in [0.1, 0.15) is 12.2 Å². The molecule has 0 bridgehead atoms. The van der Waals surface area contributed by atoms with E-state index in [9.17, 15) is 22.8 Å². The molecule has 1 atom stereocenters. The molecule has 1 aromatic carbocycles. The fraction of sp³-hybridized carbons (Fsp3) is 0.273. The van der Waals surface area contributed by atoms with Gasteiger partial charge in [-0.15, -0.1) is 0 Å². The van der Waals surface area contributed by atoms with Crippen LogP contribution in [0.4, 0.5) is 13.2 Å². The maximum atomic E-state index is 12.4. The van der Waals surface area contributed by atoms with Gasteiger partial charge in [0, 0.05) is 0 Å². The number of aldehydes is 1. The van der Waals surface area contributed by atoms with Crippen molar-refractivity contribution in [1.82, 2.24) is 0 Å². The second-order valence-electron chi connectivity index (χ2n) is 3.26. The number of alkyl halides is 3. The summed E-state index contributed by atoms with van der Waals surface area (Å²) in [6.07, 6.45) is -4.26. The van der Waals surface area contributed by atoms with Gasteiger partial charge in [0.15, 0.2) is 0 Å². The molecule has 1 aromatic rings. The lowest BCUT2D eigenvalue weighted by Crippen LogP contribution is -2.16. The van der Waals surface area contributed by atoms with Crippen molar-refractivity contribution < 1.29 is 27.5 Å². The molecule has 17 heavy (non-hydrogen) atoms. The Balaban J connectivity index is 3.14. The second kappa shape index (κ2) is 4.99. The Morgan fingerprint density at radius 1 is 1.41 bits per heavy atom. The van der Waals surface area contributed by atoms with Crippen LogP contribution in [0, 0.1) is 0 Å². The summed E-state index contributed by atoms with van der Waals surface area (Å²) in [6.45, 7) is 0. The molecule has 0 radical (unpaired) electrons. The molecule has 3 nitrogen and oxygen atoms in total. The first-order chi connectivity index (χ1) is 7.90. The summed E-state index contributed by atoms with van der Waals surface area (Å²) >= 11 is 0. The van der Waals surface area contributed by atoms with Crippen LogP contribution in [0.1, 0.15) is 17.0 Å². The molecule has 0 saturated carbocycles. The molecule has 0 aromatic heterocycles. The summed E-state index contributed by atoms with van der Waals surface area (Å²) < 4.78 is 41.6.